The highest BCUT2D eigenvalue weighted by molar-refractivity contribution is 6.22. The van der Waals surface area contributed by atoms with E-state index in [1.807, 2.05) is 0 Å². The molecule has 3 aromatic carbocycles. The summed E-state index contributed by atoms with van der Waals surface area (Å²) in [4.78, 5) is 3.64. The molecule has 2 heteroatoms. The molecule has 0 radical (unpaired) electrons. The van der Waals surface area contributed by atoms with Crippen molar-refractivity contribution in [1.29, 1.82) is 0 Å². The fourth-order valence-electron chi connectivity index (χ4n) is 3.79. The zero-order valence-corrected chi connectivity index (χ0v) is 12.4. The van der Waals surface area contributed by atoms with Crippen LogP contribution in [0.4, 0.5) is 0 Å². The molecule has 0 amide bonds. The zero-order chi connectivity index (χ0) is 14.7. The van der Waals surface area contributed by atoms with Gasteiger partial charge < -0.3 is 9.55 Å². The van der Waals surface area contributed by atoms with Gasteiger partial charge in [-0.1, -0.05) is 48.5 Å². The Morgan fingerprint density at radius 3 is 2.36 bits per heavy atom. The maximum atomic E-state index is 3.64. The average molecular weight is 284 g/mol. The predicted octanol–water partition coefficient (Wildman–Crippen LogP) is 5.45. The van der Waals surface area contributed by atoms with Gasteiger partial charge in [0.05, 0.1) is 11.0 Å². The smallest absolute Gasteiger partial charge is 0.0736 e. The highest BCUT2D eigenvalue weighted by Gasteiger charge is 2.14. The number of hydrogen-bond donors (Lipinski definition) is 1. The van der Waals surface area contributed by atoms with E-state index >= 15 is 0 Å². The Morgan fingerprint density at radius 2 is 1.50 bits per heavy atom. The molecule has 22 heavy (non-hydrogen) atoms. The normalized spacial score (nSPS) is 12.0. The summed E-state index contributed by atoms with van der Waals surface area (Å²) in [6.07, 6.45) is 0. The van der Waals surface area contributed by atoms with E-state index in [4.69, 9.17) is 0 Å². The summed E-state index contributed by atoms with van der Waals surface area (Å²) >= 11 is 0. The van der Waals surface area contributed by atoms with Crippen LogP contribution in [0.25, 0.3) is 43.6 Å². The molecular formula is C20H16N2. The van der Waals surface area contributed by atoms with Gasteiger partial charge in [0.25, 0.3) is 0 Å². The molecule has 2 aromatic heterocycles. The van der Waals surface area contributed by atoms with Crippen molar-refractivity contribution in [2.24, 2.45) is 0 Å². The third-order valence-electron chi connectivity index (χ3n) is 4.73. The van der Waals surface area contributed by atoms with Crippen LogP contribution >= 0.6 is 0 Å². The molecule has 106 valence electrons. The number of aryl methyl sites for hydroxylation is 1. The molecule has 0 aliphatic rings. The Kier molecular flexibility index (Phi) is 2.23. The van der Waals surface area contributed by atoms with Crippen molar-refractivity contribution in [2.45, 2.75) is 13.5 Å². The predicted molar refractivity (Wildman–Crippen MR) is 94.5 cm³/mol. The fourth-order valence-corrected chi connectivity index (χ4v) is 3.79. The van der Waals surface area contributed by atoms with Gasteiger partial charge in [0.1, 0.15) is 0 Å². The molecule has 1 N–H and O–H groups in total. The van der Waals surface area contributed by atoms with Gasteiger partial charge in [-0.2, -0.15) is 0 Å². The van der Waals surface area contributed by atoms with Gasteiger partial charge >= 0.3 is 0 Å². The number of nitrogens with zero attached hydrogens (tertiary/aromatic N) is 1. The lowest BCUT2D eigenvalue weighted by Gasteiger charge is -2.03. The number of para-hydroxylation sites is 2. The summed E-state index contributed by atoms with van der Waals surface area (Å²) in [5.74, 6) is 0. The first-order valence-electron chi connectivity index (χ1n) is 7.79. The number of benzene rings is 3. The second-order valence-electron chi connectivity index (χ2n) is 5.82. The van der Waals surface area contributed by atoms with Crippen LogP contribution in [-0.4, -0.2) is 9.55 Å². The lowest BCUT2D eigenvalue weighted by molar-refractivity contribution is 0.829. The van der Waals surface area contributed by atoms with Crippen LogP contribution in [0, 0.1) is 0 Å². The number of nitrogens with one attached hydrogen (secondary N) is 1. The third-order valence-corrected chi connectivity index (χ3v) is 4.73. The van der Waals surface area contributed by atoms with Crippen molar-refractivity contribution < 1.29 is 0 Å². The van der Waals surface area contributed by atoms with Crippen LogP contribution in [0.15, 0.2) is 60.7 Å². The van der Waals surface area contributed by atoms with Gasteiger partial charge in [-0.05, 0) is 19.1 Å². The molecule has 0 fully saturated rings. The largest absolute Gasteiger partial charge is 0.353 e. The summed E-state index contributed by atoms with van der Waals surface area (Å²) < 4.78 is 2.42. The number of hydrogen-bond acceptors (Lipinski definition) is 0. The molecule has 0 atom stereocenters. The van der Waals surface area contributed by atoms with Crippen molar-refractivity contribution in [1.82, 2.24) is 9.55 Å². The van der Waals surface area contributed by atoms with Crippen LogP contribution in [0.1, 0.15) is 6.92 Å². The highest BCUT2D eigenvalue weighted by Crippen LogP contribution is 2.36. The quantitative estimate of drug-likeness (QED) is 0.422. The lowest BCUT2D eigenvalue weighted by atomic mass is 10.1. The molecular weight excluding hydrogens is 268 g/mol. The Morgan fingerprint density at radius 1 is 0.773 bits per heavy atom. The minimum atomic E-state index is 0.971. The zero-order valence-electron chi connectivity index (χ0n) is 12.4. The number of aromatic amines is 1. The topological polar surface area (TPSA) is 20.7 Å². The minimum absolute atomic E-state index is 0.971. The van der Waals surface area contributed by atoms with Gasteiger partial charge in [0, 0.05) is 39.1 Å². The van der Waals surface area contributed by atoms with E-state index in [1.165, 1.54) is 43.6 Å². The Bertz CT molecular complexity index is 1160. The van der Waals surface area contributed by atoms with Crippen molar-refractivity contribution in [3.8, 4) is 0 Å². The van der Waals surface area contributed by atoms with Gasteiger partial charge in [0.15, 0.2) is 0 Å². The second kappa shape index (κ2) is 4.14. The van der Waals surface area contributed by atoms with Crippen molar-refractivity contribution in [3.05, 3.63) is 60.7 Å². The van der Waals surface area contributed by atoms with Crippen molar-refractivity contribution >= 4 is 43.6 Å². The molecule has 2 nitrogen and oxygen atoms in total. The lowest BCUT2D eigenvalue weighted by Crippen LogP contribution is -1.93. The SMILES string of the molecule is CCn1c2ccccc2c2ccc3c4ccccc4[nH]c3c21. The summed E-state index contributed by atoms with van der Waals surface area (Å²) in [5, 5.41) is 5.27. The third kappa shape index (κ3) is 1.34. The van der Waals surface area contributed by atoms with Crippen LogP contribution in [-0.2, 0) is 6.54 Å². The summed E-state index contributed by atoms with van der Waals surface area (Å²) in [5.41, 5.74) is 5.08. The highest BCUT2D eigenvalue weighted by atomic mass is 15.0. The molecule has 2 heterocycles. The fraction of sp³-hybridized carbons (Fsp3) is 0.100. The Balaban J connectivity index is 2.12. The van der Waals surface area contributed by atoms with E-state index in [0.717, 1.165) is 6.54 Å². The Hall–Kier alpha value is -2.74. The van der Waals surface area contributed by atoms with Crippen LogP contribution < -0.4 is 0 Å². The van der Waals surface area contributed by atoms with E-state index in [9.17, 15) is 0 Å². The van der Waals surface area contributed by atoms with Crippen LogP contribution in [0.3, 0.4) is 0 Å². The average Bonchev–Trinajstić information content (AvgIpc) is 3.10. The molecule has 0 aliphatic heterocycles. The van der Waals surface area contributed by atoms with Gasteiger partial charge in [0.2, 0.25) is 0 Å². The van der Waals surface area contributed by atoms with E-state index in [-0.39, 0.29) is 0 Å². The molecule has 5 aromatic rings. The summed E-state index contributed by atoms with van der Waals surface area (Å²) in [7, 11) is 0. The maximum Gasteiger partial charge on any atom is 0.0736 e. The number of H-pyrrole nitrogens is 1. The first-order valence-corrected chi connectivity index (χ1v) is 7.79. The maximum absolute atomic E-state index is 3.64. The first kappa shape index (κ1) is 11.9. The molecule has 0 spiro atoms. The van der Waals surface area contributed by atoms with Crippen LogP contribution in [0.2, 0.25) is 0 Å². The molecule has 0 aliphatic carbocycles. The minimum Gasteiger partial charge on any atom is -0.353 e. The van der Waals surface area contributed by atoms with Gasteiger partial charge in [-0.25, -0.2) is 0 Å². The number of rotatable bonds is 1. The summed E-state index contributed by atoms with van der Waals surface area (Å²) in [6, 6.07) is 21.7. The molecule has 0 unspecified atom stereocenters. The van der Waals surface area contributed by atoms with Crippen LogP contribution in [0.5, 0.6) is 0 Å². The first-order chi connectivity index (χ1) is 10.9. The van der Waals surface area contributed by atoms with Gasteiger partial charge in [-0.15, -0.1) is 0 Å². The standard InChI is InChI=1S/C20H16N2/c1-2-22-18-10-6-4-8-14(18)16-12-11-15-13-7-3-5-9-17(13)21-19(15)20(16)22/h3-12,21H,2H2,1H3. The number of aromatic nitrogens is 2. The monoisotopic (exact) mass is 284 g/mol. The molecule has 5 rings (SSSR count). The summed E-state index contributed by atoms with van der Waals surface area (Å²) in [6.45, 7) is 3.19. The van der Waals surface area contributed by atoms with E-state index in [2.05, 4.69) is 77.1 Å². The number of fused-ring (bicyclic) bond motifs is 7. The Labute approximate surface area is 128 Å². The van der Waals surface area contributed by atoms with E-state index < -0.39 is 0 Å². The van der Waals surface area contributed by atoms with E-state index in [1.54, 1.807) is 0 Å². The molecule has 0 bridgehead atoms. The van der Waals surface area contributed by atoms with E-state index in [0.29, 0.717) is 0 Å². The van der Waals surface area contributed by atoms with Gasteiger partial charge in [-0.3, -0.25) is 0 Å². The molecule has 0 saturated carbocycles. The van der Waals surface area contributed by atoms with Crippen molar-refractivity contribution in [2.75, 3.05) is 0 Å². The van der Waals surface area contributed by atoms with Crippen molar-refractivity contribution in [3.63, 3.8) is 0 Å². The second-order valence-corrected chi connectivity index (χ2v) is 5.82. The molecule has 0 saturated heterocycles.